The van der Waals surface area contributed by atoms with Gasteiger partial charge in [0.25, 0.3) is 0 Å². The van der Waals surface area contributed by atoms with E-state index in [4.69, 9.17) is 0 Å². The first-order chi connectivity index (χ1) is 6.77. The summed E-state index contributed by atoms with van der Waals surface area (Å²) in [4.78, 5) is 11.7. The first-order valence-corrected chi connectivity index (χ1v) is 7.43. The Kier molecular flexibility index (Phi) is 5.74. The third kappa shape index (κ3) is 3.71. The molecule has 1 heterocycles. The second-order valence-corrected chi connectivity index (χ2v) is 5.28. The van der Waals surface area contributed by atoms with Gasteiger partial charge < -0.3 is 5.32 Å². The molecule has 3 nitrogen and oxygen atoms in total. The van der Waals surface area contributed by atoms with Crippen molar-refractivity contribution in [1.82, 2.24) is 10.6 Å². The molecule has 1 amide bonds. The number of hydrogen-bond acceptors (Lipinski definition) is 4. The van der Waals surface area contributed by atoms with Crippen LogP contribution < -0.4 is 10.6 Å². The van der Waals surface area contributed by atoms with Crippen LogP contribution in [0.5, 0.6) is 0 Å². The molecule has 0 saturated carbocycles. The van der Waals surface area contributed by atoms with E-state index in [-0.39, 0.29) is 11.9 Å². The van der Waals surface area contributed by atoms with E-state index in [2.05, 4.69) is 23.8 Å². The fourth-order valence-electron chi connectivity index (χ4n) is 1.33. The molecule has 1 saturated heterocycles. The van der Waals surface area contributed by atoms with E-state index in [9.17, 15) is 4.79 Å². The predicted octanol–water partition coefficient (Wildman–Crippen LogP) is 0.907. The summed E-state index contributed by atoms with van der Waals surface area (Å²) in [6, 6.07) is 0.348. The van der Waals surface area contributed by atoms with Gasteiger partial charge in [-0.3, -0.25) is 10.1 Å². The summed E-state index contributed by atoms with van der Waals surface area (Å²) >= 11 is 3.56. The van der Waals surface area contributed by atoms with E-state index in [0.717, 1.165) is 23.8 Å². The Morgan fingerprint density at radius 3 is 3.07 bits per heavy atom. The van der Waals surface area contributed by atoms with Crippen molar-refractivity contribution in [3.05, 3.63) is 0 Å². The van der Waals surface area contributed by atoms with Crippen molar-refractivity contribution in [1.29, 1.82) is 0 Å². The Morgan fingerprint density at radius 1 is 1.79 bits per heavy atom. The van der Waals surface area contributed by atoms with Gasteiger partial charge in [0.1, 0.15) is 0 Å². The minimum atomic E-state index is 0.0240. The maximum Gasteiger partial charge on any atom is 0.238 e. The molecule has 0 bridgehead atoms. The van der Waals surface area contributed by atoms with Gasteiger partial charge in [0.15, 0.2) is 0 Å². The molecule has 1 aliphatic rings. The Balaban J connectivity index is 2.29. The fraction of sp³-hybridized carbons (Fsp3) is 0.889. The third-order valence-electron chi connectivity index (χ3n) is 2.24. The average Bonchev–Trinajstić information content (AvgIpc) is 2.69. The number of carbonyl (C=O) groups excluding carboxylic acids is 1. The van der Waals surface area contributed by atoms with Crippen LogP contribution in [0.15, 0.2) is 0 Å². The topological polar surface area (TPSA) is 41.1 Å². The minimum absolute atomic E-state index is 0.0240. The quantitative estimate of drug-likeness (QED) is 0.742. The smallest absolute Gasteiger partial charge is 0.238 e. The lowest BCUT2D eigenvalue weighted by atomic mass is 10.2. The van der Waals surface area contributed by atoms with Gasteiger partial charge in [-0.25, -0.2) is 0 Å². The molecule has 1 rings (SSSR count). The fourth-order valence-corrected chi connectivity index (χ4v) is 2.99. The van der Waals surface area contributed by atoms with Crippen LogP contribution in [0, 0.1) is 0 Å². The van der Waals surface area contributed by atoms with Crippen molar-refractivity contribution in [2.75, 3.05) is 23.6 Å². The molecule has 5 heteroatoms. The minimum Gasteiger partial charge on any atom is -0.351 e. The first kappa shape index (κ1) is 12.2. The molecule has 0 radical (unpaired) electrons. The average molecular weight is 234 g/mol. The SMILES string of the molecule is CCC(CSC)NC(=O)C1CSCN1. The molecular formula is C9H18N2OS2. The molecule has 2 atom stereocenters. The van der Waals surface area contributed by atoms with E-state index in [1.165, 1.54) is 0 Å². The second-order valence-electron chi connectivity index (χ2n) is 3.34. The molecule has 14 heavy (non-hydrogen) atoms. The van der Waals surface area contributed by atoms with Crippen molar-refractivity contribution in [2.24, 2.45) is 0 Å². The Labute approximate surface area is 94.2 Å². The largest absolute Gasteiger partial charge is 0.351 e. The second kappa shape index (κ2) is 6.58. The van der Waals surface area contributed by atoms with Crippen molar-refractivity contribution < 1.29 is 4.79 Å². The number of thioether (sulfide) groups is 2. The van der Waals surface area contributed by atoms with Gasteiger partial charge in [-0.15, -0.1) is 11.8 Å². The standard InChI is InChI=1S/C9H18N2OS2/c1-3-7(4-13-2)11-9(12)8-5-14-6-10-8/h7-8,10H,3-6H2,1-2H3,(H,11,12). The zero-order valence-electron chi connectivity index (χ0n) is 8.71. The molecule has 2 unspecified atom stereocenters. The summed E-state index contributed by atoms with van der Waals surface area (Å²) in [6.45, 7) is 2.11. The number of carbonyl (C=O) groups is 1. The number of nitrogens with one attached hydrogen (secondary N) is 2. The number of amides is 1. The lowest BCUT2D eigenvalue weighted by molar-refractivity contribution is -0.123. The van der Waals surface area contributed by atoms with Gasteiger partial charge in [-0.1, -0.05) is 6.92 Å². The highest BCUT2D eigenvalue weighted by molar-refractivity contribution is 7.99. The Morgan fingerprint density at radius 2 is 2.57 bits per heavy atom. The molecule has 1 fully saturated rings. The molecule has 1 aliphatic heterocycles. The van der Waals surface area contributed by atoms with E-state index >= 15 is 0 Å². The van der Waals surface area contributed by atoms with Gasteiger partial charge in [-0.05, 0) is 12.7 Å². The van der Waals surface area contributed by atoms with Crippen LogP contribution in [-0.4, -0.2) is 41.6 Å². The highest BCUT2D eigenvalue weighted by Crippen LogP contribution is 2.10. The molecule has 2 N–H and O–H groups in total. The summed E-state index contributed by atoms with van der Waals surface area (Å²) in [5, 5.41) is 6.25. The van der Waals surface area contributed by atoms with Gasteiger partial charge in [0.2, 0.25) is 5.91 Å². The van der Waals surface area contributed by atoms with Crippen LogP contribution in [0.25, 0.3) is 0 Å². The molecule has 0 aromatic carbocycles. The molecule has 82 valence electrons. The van der Waals surface area contributed by atoms with Crippen LogP contribution >= 0.6 is 23.5 Å². The van der Waals surface area contributed by atoms with Crippen LogP contribution in [0.1, 0.15) is 13.3 Å². The normalized spacial score (nSPS) is 23.4. The third-order valence-corrected chi connectivity index (χ3v) is 3.92. The predicted molar refractivity (Wildman–Crippen MR) is 64.9 cm³/mol. The van der Waals surface area contributed by atoms with Crippen molar-refractivity contribution >= 4 is 29.4 Å². The summed E-state index contributed by atoms with van der Waals surface area (Å²) in [5.74, 6) is 2.97. The molecule has 0 aromatic rings. The lowest BCUT2D eigenvalue weighted by Gasteiger charge is -2.18. The monoisotopic (exact) mass is 234 g/mol. The molecule has 0 spiro atoms. The lowest BCUT2D eigenvalue weighted by Crippen LogP contribution is -2.47. The number of hydrogen-bond donors (Lipinski definition) is 2. The summed E-state index contributed by atoms with van der Waals surface area (Å²) in [7, 11) is 0. The van der Waals surface area contributed by atoms with Crippen molar-refractivity contribution in [3.8, 4) is 0 Å². The van der Waals surface area contributed by atoms with E-state index in [1.807, 2.05) is 0 Å². The highest BCUT2D eigenvalue weighted by atomic mass is 32.2. The Hall–Kier alpha value is 0.130. The van der Waals surface area contributed by atoms with Gasteiger partial charge in [0.05, 0.1) is 6.04 Å². The van der Waals surface area contributed by atoms with Crippen LogP contribution in [0.3, 0.4) is 0 Å². The number of rotatable bonds is 5. The maximum atomic E-state index is 11.7. The zero-order chi connectivity index (χ0) is 10.4. The van der Waals surface area contributed by atoms with E-state index in [0.29, 0.717) is 6.04 Å². The van der Waals surface area contributed by atoms with Gasteiger partial charge >= 0.3 is 0 Å². The van der Waals surface area contributed by atoms with E-state index < -0.39 is 0 Å². The maximum absolute atomic E-state index is 11.7. The van der Waals surface area contributed by atoms with Gasteiger partial charge in [-0.2, -0.15) is 11.8 Å². The van der Waals surface area contributed by atoms with Crippen LogP contribution in [0.2, 0.25) is 0 Å². The van der Waals surface area contributed by atoms with Crippen molar-refractivity contribution in [3.63, 3.8) is 0 Å². The Bertz CT molecular complexity index is 184. The van der Waals surface area contributed by atoms with Crippen molar-refractivity contribution in [2.45, 2.75) is 25.4 Å². The first-order valence-electron chi connectivity index (χ1n) is 4.88. The molecule has 0 aliphatic carbocycles. The van der Waals surface area contributed by atoms with Crippen LogP contribution in [-0.2, 0) is 4.79 Å². The summed E-state index contributed by atoms with van der Waals surface area (Å²) in [6.07, 6.45) is 3.07. The van der Waals surface area contributed by atoms with E-state index in [1.54, 1.807) is 23.5 Å². The highest BCUT2D eigenvalue weighted by Gasteiger charge is 2.23. The molecule has 0 aromatic heterocycles. The van der Waals surface area contributed by atoms with Gasteiger partial charge in [0, 0.05) is 23.4 Å². The van der Waals surface area contributed by atoms with Crippen LogP contribution in [0.4, 0.5) is 0 Å². The zero-order valence-corrected chi connectivity index (χ0v) is 10.3. The molecular weight excluding hydrogens is 216 g/mol. The summed E-state index contributed by atoms with van der Waals surface area (Å²) in [5.41, 5.74) is 0. The summed E-state index contributed by atoms with van der Waals surface area (Å²) < 4.78 is 0.